The fourth-order valence-corrected chi connectivity index (χ4v) is 3.77. The molecule has 0 radical (unpaired) electrons. The Bertz CT molecular complexity index is 1110. The molecule has 156 valence electrons. The number of hydrogen-bond donors (Lipinski definition) is 2. The molecule has 0 spiro atoms. The fraction of sp³-hybridized carbons (Fsp3) is 0.125. The second kappa shape index (κ2) is 9.14. The zero-order chi connectivity index (χ0) is 21.8. The van der Waals surface area contributed by atoms with Gasteiger partial charge in [-0.15, -0.1) is 10.1 Å². The maximum atomic E-state index is 12.9. The number of benzene rings is 3. The number of rotatable bonds is 5. The van der Waals surface area contributed by atoms with E-state index in [1.165, 1.54) is 0 Å². The molecule has 1 heterocycles. The average Bonchev–Trinajstić information content (AvgIpc) is 3.10. The van der Waals surface area contributed by atoms with Crippen LogP contribution in [0.2, 0.25) is 0 Å². The summed E-state index contributed by atoms with van der Waals surface area (Å²) < 4.78 is 7.86. The Morgan fingerprint density at radius 1 is 1.03 bits per heavy atom. The minimum Gasteiger partial charge on any atom is -0.497 e. The van der Waals surface area contributed by atoms with Crippen molar-refractivity contribution in [3.63, 3.8) is 0 Å². The number of halogens is 1. The largest absolute Gasteiger partial charge is 0.497 e. The first-order valence-electron chi connectivity index (χ1n) is 9.74. The summed E-state index contributed by atoms with van der Waals surface area (Å²) in [5.74, 6) is 0.0610. The molecule has 0 unspecified atom stereocenters. The highest BCUT2D eigenvalue weighted by atomic mass is 79.9. The van der Waals surface area contributed by atoms with Gasteiger partial charge in [0.05, 0.1) is 7.11 Å². The molecule has 0 saturated carbocycles. The van der Waals surface area contributed by atoms with Crippen LogP contribution in [0.3, 0.4) is 0 Å². The number of hydrazone groups is 1. The first kappa shape index (κ1) is 20.8. The smallest absolute Gasteiger partial charge is 0.304 e. The van der Waals surface area contributed by atoms with Crippen LogP contribution in [-0.4, -0.2) is 35.9 Å². The van der Waals surface area contributed by atoms with Gasteiger partial charge in [-0.05, 0) is 48.5 Å². The molecule has 2 atom stereocenters. The number of hydrazine groups is 1. The van der Waals surface area contributed by atoms with Gasteiger partial charge in [-0.1, -0.05) is 46.3 Å². The fourth-order valence-electron chi connectivity index (χ4n) is 3.51. The molecule has 0 aliphatic carbocycles. The van der Waals surface area contributed by atoms with E-state index in [9.17, 15) is 9.59 Å². The molecule has 0 bridgehead atoms. The van der Waals surface area contributed by atoms with E-state index in [0.717, 1.165) is 15.6 Å². The zero-order valence-electron chi connectivity index (χ0n) is 16.8. The molecule has 3 aromatic rings. The van der Waals surface area contributed by atoms with Crippen molar-refractivity contribution in [2.75, 3.05) is 7.11 Å². The van der Waals surface area contributed by atoms with Crippen LogP contribution < -0.4 is 15.5 Å². The Hall–Kier alpha value is -3.45. The van der Waals surface area contributed by atoms with E-state index in [2.05, 4.69) is 26.7 Å². The van der Waals surface area contributed by atoms with Crippen LogP contribution in [-0.2, 0) is 4.79 Å². The highest BCUT2D eigenvalue weighted by Crippen LogP contribution is 2.25. The van der Waals surface area contributed by atoms with Gasteiger partial charge in [0.15, 0.2) is 6.04 Å². The van der Waals surface area contributed by atoms with Crippen molar-refractivity contribution in [3.8, 4) is 5.75 Å². The Morgan fingerprint density at radius 2 is 1.71 bits per heavy atom. The summed E-state index contributed by atoms with van der Waals surface area (Å²) in [4.78, 5) is 25.7. The third kappa shape index (κ3) is 4.67. The first-order chi connectivity index (χ1) is 15.0. The van der Waals surface area contributed by atoms with Gasteiger partial charge in [0.25, 0.3) is 5.91 Å². The molecule has 1 aliphatic heterocycles. The van der Waals surface area contributed by atoms with E-state index >= 15 is 0 Å². The summed E-state index contributed by atoms with van der Waals surface area (Å²) in [6.07, 6.45) is 1.86. The minimum absolute atomic E-state index is 0.274. The summed E-state index contributed by atoms with van der Waals surface area (Å²) in [6, 6.07) is 23.0. The maximum Gasteiger partial charge on any atom is 0.304 e. The van der Waals surface area contributed by atoms with Gasteiger partial charge in [-0.25, -0.2) is 0 Å². The van der Waals surface area contributed by atoms with E-state index in [1.54, 1.807) is 36.1 Å². The molecule has 2 amide bonds. The predicted octanol–water partition coefficient (Wildman–Crippen LogP) is 3.47. The first-order valence-corrected chi connectivity index (χ1v) is 10.5. The number of amides is 2. The van der Waals surface area contributed by atoms with E-state index in [1.807, 2.05) is 60.8 Å². The lowest BCUT2D eigenvalue weighted by Crippen LogP contribution is -2.42. The Balaban J connectivity index is 1.65. The van der Waals surface area contributed by atoms with Crippen LogP contribution in [0.15, 0.2) is 83.3 Å². The van der Waals surface area contributed by atoms with Crippen molar-refractivity contribution >= 4 is 34.0 Å². The van der Waals surface area contributed by atoms with Gasteiger partial charge in [-0.3, -0.25) is 9.59 Å². The van der Waals surface area contributed by atoms with Crippen LogP contribution in [0, 0.1) is 0 Å². The number of methoxy groups -OCH3 is 1. The maximum absolute atomic E-state index is 12.9. The summed E-state index contributed by atoms with van der Waals surface area (Å²) in [5, 5.41) is 2.89. The quantitative estimate of drug-likeness (QED) is 0.551. The Kier molecular flexibility index (Phi) is 6.13. The molecule has 0 aromatic heterocycles. The zero-order valence-corrected chi connectivity index (χ0v) is 18.4. The predicted molar refractivity (Wildman–Crippen MR) is 121 cm³/mol. The van der Waals surface area contributed by atoms with Gasteiger partial charge in [0.1, 0.15) is 5.75 Å². The highest BCUT2D eigenvalue weighted by Gasteiger charge is 2.47. The van der Waals surface area contributed by atoms with E-state index < -0.39 is 12.1 Å². The normalized spacial score (nSPS) is 19.2. The second-order valence-electron chi connectivity index (χ2n) is 7.10. The molecular weight excluding hydrogens is 458 g/mol. The molecule has 31 heavy (non-hydrogen) atoms. The van der Waals surface area contributed by atoms with Crippen LogP contribution in [0.1, 0.15) is 27.5 Å². The third-order valence-corrected chi connectivity index (χ3v) is 5.60. The van der Waals surface area contributed by atoms with E-state index in [0.29, 0.717) is 11.3 Å². The molecule has 2 N–H and O–H groups in total. The molecule has 3 aromatic carbocycles. The Morgan fingerprint density at radius 3 is 2.35 bits per heavy atom. The van der Waals surface area contributed by atoms with Crippen molar-refractivity contribution in [1.29, 1.82) is 0 Å². The third-order valence-electron chi connectivity index (χ3n) is 5.08. The number of nitrogens with one attached hydrogen (secondary N) is 2. The monoisotopic (exact) mass is 478 g/mol. The van der Waals surface area contributed by atoms with Crippen molar-refractivity contribution in [3.05, 3.63) is 100 Å². The molecular formula is C24H21BrN3O3+. The molecule has 6 nitrogen and oxygen atoms in total. The standard InChI is InChI=1S/C24H20BrN3O3/c1-31-20-13-9-18(10-14-20)23(29)26-21-22(17-5-3-2-4-6-17)28(27-24(21)30)15-16-7-11-19(25)12-8-16/h2-15,21-22H,1H3,(H-,26,27,29,30)/p+1/b28-15-/t21-,22-/m0/s1. The molecule has 7 heteroatoms. The number of nitrogens with zero attached hydrogens (tertiary/aromatic N) is 1. The molecule has 1 fully saturated rings. The summed E-state index contributed by atoms with van der Waals surface area (Å²) in [6.45, 7) is 0. The Labute approximate surface area is 188 Å². The molecule has 1 saturated heterocycles. The SMILES string of the molecule is COc1ccc(C(=O)N[C@@H]2C(=O)N/[N+](=C\c3ccc(Br)cc3)[C@H]2c2ccccc2)cc1. The van der Waals surface area contributed by atoms with Crippen LogP contribution in [0.4, 0.5) is 0 Å². The van der Waals surface area contributed by atoms with Gasteiger partial charge in [0, 0.05) is 21.2 Å². The number of carbonyl (C=O) groups excluding carboxylic acids is 2. The molecule has 4 rings (SSSR count). The number of hydrogen-bond acceptors (Lipinski definition) is 3. The summed E-state index contributed by atoms with van der Waals surface area (Å²) >= 11 is 3.43. The van der Waals surface area contributed by atoms with Gasteiger partial charge < -0.3 is 10.1 Å². The van der Waals surface area contributed by atoms with Crippen LogP contribution in [0.25, 0.3) is 0 Å². The van der Waals surface area contributed by atoms with Crippen LogP contribution in [0.5, 0.6) is 5.75 Å². The highest BCUT2D eigenvalue weighted by molar-refractivity contribution is 9.10. The topological polar surface area (TPSA) is 70.4 Å². The second-order valence-corrected chi connectivity index (χ2v) is 8.01. The van der Waals surface area contributed by atoms with Crippen molar-refractivity contribution in [1.82, 2.24) is 10.7 Å². The van der Waals surface area contributed by atoms with E-state index in [-0.39, 0.29) is 11.8 Å². The van der Waals surface area contributed by atoms with Gasteiger partial charge in [0.2, 0.25) is 12.3 Å². The summed E-state index contributed by atoms with van der Waals surface area (Å²) in [5.41, 5.74) is 5.17. The minimum atomic E-state index is -0.760. The lowest BCUT2D eigenvalue weighted by atomic mass is 10.00. The van der Waals surface area contributed by atoms with Crippen molar-refractivity contribution < 1.29 is 19.0 Å². The number of carbonyl (C=O) groups is 2. The van der Waals surface area contributed by atoms with Crippen molar-refractivity contribution in [2.45, 2.75) is 12.1 Å². The number of ether oxygens (including phenoxy) is 1. The van der Waals surface area contributed by atoms with E-state index in [4.69, 9.17) is 4.74 Å². The van der Waals surface area contributed by atoms with Crippen molar-refractivity contribution in [2.24, 2.45) is 0 Å². The lowest BCUT2D eigenvalue weighted by molar-refractivity contribution is -0.596. The van der Waals surface area contributed by atoms with Gasteiger partial charge >= 0.3 is 5.91 Å². The average molecular weight is 479 g/mol. The summed E-state index contributed by atoms with van der Waals surface area (Å²) in [7, 11) is 1.57. The lowest BCUT2D eigenvalue weighted by Gasteiger charge is -2.14. The molecule has 1 aliphatic rings. The van der Waals surface area contributed by atoms with Gasteiger partial charge in [-0.2, -0.15) is 0 Å². The van der Waals surface area contributed by atoms with Crippen LogP contribution >= 0.6 is 15.9 Å².